The minimum Gasteiger partial charge on any atom is -0.374 e. The average molecular weight is 400 g/mol. The van der Waals surface area contributed by atoms with Crippen LogP contribution in [0.1, 0.15) is 55.8 Å². The molecule has 1 unspecified atom stereocenters. The molecule has 160 valence electrons. The van der Waals surface area contributed by atoms with E-state index in [9.17, 15) is 0 Å². The van der Waals surface area contributed by atoms with Crippen molar-refractivity contribution < 1.29 is 4.74 Å². The van der Waals surface area contributed by atoms with E-state index in [4.69, 9.17) is 9.73 Å². The first kappa shape index (κ1) is 22.9. The maximum atomic E-state index is 5.71. The zero-order chi connectivity index (χ0) is 21.4. The summed E-state index contributed by atoms with van der Waals surface area (Å²) in [5, 5.41) is 11.4. The van der Waals surface area contributed by atoms with Gasteiger partial charge < -0.3 is 15.4 Å². The lowest BCUT2D eigenvalue weighted by molar-refractivity contribution is 0.0657. The van der Waals surface area contributed by atoms with Crippen LogP contribution in [-0.2, 0) is 31.4 Å². The number of aliphatic imine (C=N–C) groups is 1. The molecule has 6 nitrogen and oxygen atoms in total. The predicted octanol–water partition coefficient (Wildman–Crippen LogP) is 3.65. The standard InChI is InChI=1S/C23H37N5O/c1-8-24-23(26-17(4)12-22-18(5)27-28(7)19(22)6)25-14-20-10-9-11-21(13-20)15-29-16(2)3/h9-11,13,16-17H,8,12,14-15H2,1-7H3,(H2,24,25,26). The smallest absolute Gasteiger partial charge is 0.191 e. The first-order valence-electron chi connectivity index (χ1n) is 10.5. The molecule has 0 fully saturated rings. The Bertz CT molecular complexity index is 810. The molecule has 0 bridgehead atoms. The lowest BCUT2D eigenvalue weighted by Gasteiger charge is -2.18. The Morgan fingerprint density at radius 1 is 1.21 bits per heavy atom. The highest BCUT2D eigenvalue weighted by Crippen LogP contribution is 2.14. The Hall–Kier alpha value is -2.34. The molecule has 0 amide bonds. The molecule has 0 radical (unpaired) electrons. The first-order valence-corrected chi connectivity index (χ1v) is 10.5. The second-order valence-corrected chi connectivity index (χ2v) is 7.90. The zero-order valence-corrected chi connectivity index (χ0v) is 19.0. The highest BCUT2D eigenvalue weighted by molar-refractivity contribution is 5.80. The van der Waals surface area contributed by atoms with Crippen LogP contribution in [0.3, 0.4) is 0 Å². The van der Waals surface area contributed by atoms with Crippen LogP contribution in [0, 0.1) is 13.8 Å². The van der Waals surface area contributed by atoms with Crippen LogP contribution >= 0.6 is 0 Å². The number of nitrogens with one attached hydrogen (secondary N) is 2. The lowest BCUT2D eigenvalue weighted by atomic mass is 10.1. The van der Waals surface area contributed by atoms with E-state index in [1.165, 1.54) is 22.4 Å². The molecule has 0 aliphatic heterocycles. The van der Waals surface area contributed by atoms with Crippen LogP contribution in [0.4, 0.5) is 0 Å². The molecular formula is C23H37N5O. The van der Waals surface area contributed by atoms with E-state index in [1.807, 2.05) is 11.7 Å². The Kier molecular flexibility index (Phi) is 8.70. The molecule has 0 saturated heterocycles. The molecule has 0 saturated carbocycles. The molecule has 0 aliphatic rings. The van der Waals surface area contributed by atoms with Gasteiger partial charge in [-0.3, -0.25) is 4.68 Å². The van der Waals surface area contributed by atoms with Crippen molar-refractivity contribution >= 4 is 5.96 Å². The molecule has 29 heavy (non-hydrogen) atoms. The minimum atomic E-state index is 0.231. The molecule has 2 rings (SSSR count). The summed E-state index contributed by atoms with van der Waals surface area (Å²) in [6.07, 6.45) is 1.15. The minimum absolute atomic E-state index is 0.231. The molecule has 2 aromatic rings. The Morgan fingerprint density at radius 2 is 1.93 bits per heavy atom. The Labute approximate surface area is 175 Å². The Morgan fingerprint density at radius 3 is 2.55 bits per heavy atom. The van der Waals surface area contributed by atoms with Crippen LogP contribution in [0.5, 0.6) is 0 Å². The third kappa shape index (κ3) is 7.20. The summed E-state index contributed by atoms with van der Waals surface area (Å²) >= 11 is 0. The second kappa shape index (κ2) is 11.0. The fourth-order valence-corrected chi connectivity index (χ4v) is 3.27. The number of aromatic nitrogens is 2. The van der Waals surface area contributed by atoms with Gasteiger partial charge in [-0.05, 0) is 64.7 Å². The molecule has 1 aromatic carbocycles. The van der Waals surface area contributed by atoms with Crippen molar-refractivity contribution in [2.45, 2.75) is 73.3 Å². The van der Waals surface area contributed by atoms with Crippen molar-refractivity contribution in [2.75, 3.05) is 6.54 Å². The summed E-state index contributed by atoms with van der Waals surface area (Å²) in [6.45, 7) is 14.7. The highest BCUT2D eigenvalue weighted by atomic mass is 16.5. The van der Waals surface area contributed by atoms with E-state index in [1.54, 1.807) is 0 Å². The SMILES string of the molecule is CCNC(=NCc1cccc(COC(C)C)c1)NC(C)Cc1c(C)nn(C)c1C. The summed E-state index contributed by atoms with van der Waals surface area (Å²) in [6, 6.07) is 8.69. The monoisotopic (exact) mass is 399 g/mol. The summed E-state index contributed by atoms with van der Waals surface area (Å²) in [5.41, 5.74) is 5.99. The summed E-state index contributed by atoms with van der Waals surface area (Å²) < 4.78 is 7.66. The highest BCUT2D eigenvalue weighted by Gasteiger charge is 2.14. The number of guanidine groups is 1. The van der Waals surface area contributed by atoms with Crippen molar-refractivity contribution in [1.29, 1.82) is 0 Å². The van der Waals surface area contributed by atoms with E-state index in [0.29, 0.717) is 13.2 Å². The summed E-state index contributed by atoms with van der Waals surface area (Å²) in [5.74, 6) is 0.836. The van der Waals surface area contributed by atoms with Crippen LogP contribution in [0.15, 0.2) is 29.3 Å². The Balaban J connectivity index is 2.01. The van der Waals surface area contributed by atoms with E-state index in [-0.39, 0.29) is 12.1 Å². The summed E-state index contributed by atoms with van der Waals surface area (Å²) in [7, 11) is 2.00. The molecule has 1 atom stereocenters. The molecule has 1 heterocycles. The number of nitrogens with zero attached hydrogens (tertiary/aromatic N) is 3. The third-order valence-electron chi connectivity index (χ3n) is 4.89. The van der Waals surface area contributed by atoms with Crippen molar-refractivity contribution in [1.82, 2.24) is 20.4 Å². The maximum Gasteiger partial charge on any atom is 0.191 e. The number of ether oxygens (including phenoxy) is 1. The maximum absolute atomic E-state index is 5.71. The van der Waals surface area contributed by atoms with E-state index in [2.05, 4.69) is 81.5 Å². The molecule has 0 spiro atoms. The van der Waals surface area contributed by atoms with Gasteiger partial charge in [-0.15, -0.1) is 0 Å². The number of benzene rings is 1. The molecular weight excluding hydrogens is 362 g/mol. The zero-order valence-electron chi connectivity index (χ0n) is 19.0. The van der Waals surface area contributed by atoms with Crippen molar-refractivity contribution in [3.63, 3.8) is 0 Å². The fraction of sp³-hybridized carbons (Fsp3) is 0.565. The van der Waals surface area contributed by atoms with Gasteiger partial charge >= 0.3 is 0 Å². The number of aryl methyl sites for hydroxylation is 2. The summed E-state index contributed by atoms with van der Waals surface area (Å²) in [4.78, 5) is 4.78. The van der Waals surface area contributed by atoms with Gasteiger partial charge in [0.25, 0.3) is 0 Å². The largest absolute Gasteiger partial charge is 0.374 e. The van der Waals surface area contributed by atoms with Gasteiger partial charge in [0.05, 0.1) is 24.9 Å². The van der Waals surface area contributed by atoms with E-state index >= 15 is 0 Å². The van der Waals surface area contributed by atoms with E-state index in [0.717, 1.165) is 24.6 Å². The van der Waals surface area contributed by atoms with Gasteiger partial charge in [-0.25, -0.2) is 4.99 Å². The fourth-order valence-electron chi connectivity index (χ4n) is 3.27. The van der Waals surface area contributed by atoms with Crippen molar-refractivity contribution in [3.05, 3.63) is 52.3 Å². The van der Waals surface area contributed by atoms with E-state index < -0.39 is 0 Å². The van der Waals surface area contributed by atoms with Gasteiger partial charge in [0.2, 0.25) is 0 Å². The van der Waals surface area contributed by atoms with Gasteiger partial charge in [0.15, 0.2) is 5.96 Å². The average Bonchev–Trinajstić information content (AvgIpc) is 2.91. The van der Waals surface area contributed by atoms with Gasteiger partial charge in [-0.2, -0.15) is 5.10 Å². The van der Waals surface area contributed by atoms with Crippen molar-refractivity contribution in [2.24, 2.45) is 12.0 Å². The normalized spacial score (nSPS) is 13.0. The quantitative estimate of drug-likeness (QED) is 0.499. The van der Waals surface area contributed by atoms with Gasteiger partial charge in [0.1, 0.15) is 0 Å². The third-order valence-corrected chi connectivity index (χ3v) is 4.89. The lowest BCUT2D eigenvalue weighted by Crippen LogP contribution is -2.43. The number of rotatable bonds is 9. The second-order valence-electron chi connectivity index (χ2n) is 7.90. The molecule has 6 heteroatoms. The topological polar surface area (TPSA) is 63.5 Å². The van der Waals surface area contributed by atoms with Crippen LogP contribution in [-0.4, -0.2) is 34.4 Å². The number of hydrogen-bond acceptors (Lipinski definition) is 3. The number of hydrogen-bond donors (Lipinski definition) is 2. The van der Waals surface area contributed by atoms with Crippen LogP contribution < -0.4 is 10.6 Å². The molecule has 0 aliphatic carbocycles. The van der Waals surface area contributed by atoms with Crippen molar-refractivity contribution in [3.8, 4) is 0 Å². The van der Waals surface area contributed by atoms with Crippen LogP contribution in [0.25, 0.3) is 0 Å². The molecule has 2 N–H and O–H groups in total. The van der Waals surface area contributed by atoms with Gasteiger partial charge in [-0.1, -0.05) is 24.3 Å². The van der Waals surface area contributed by atoms with Gasteiger partial charge in [0, 0.05) is 25.3 Å². The molecule has 1 aromatic heterocycles. The predicted molar refractivity (Wildman–Crippen MR) is 120 cm³/mol. The first-order chi connectivity index (χ1) is 13.8. The van der Waals surface area contributed by atoms with Crippen LogP contribution in [0.2, 0.25) is 0 Å².